The second kappa shape index (κ2) is 5.65. The Morgan fingerprint density at radius 1 is 1.30 bits per heavy atom. The molecular formula is C16H22N2O2. The predicted molar refractivity (Wildman–Crippen MR) is 79.5 cm³/mol. The van der Waals surface area contributed by atoms with Crippen molar-refractivity contribution in [3.05, 3.63) is 29.3 Å². The van der Waals surface area contributed by atoms with Crippen LogP contribution >= 0.6 is 0 Å². The third-order valence-electron chi connectivity index (χ3n) is 3.93. The number of hydrogen-bond donors (Lipinski definition) is 1. The van der Waals surface area contributed by atoms with Crippen molar-refractivity contribution in [3.63, 3.8) is 0 Å². The lowest BCUT2D eigenvalue weighted by atomic mass is 10.1. The Morgan fingerprint density at radius 3 is 2.35 bits per heavy atom. The summed E-state index contributed by atoms with van der Waals surface area (Å²) in [6, 6.07) is 5.89. The quantitative estimate of drug-likeness (QED) is 0.916. The third kappa shape index (κ3) is 3.18. The summed E-state index contributed by atoms with van der Waals surface area (Å²) in [4.78, 5) is 25.6. The average molecular weight is 274 g/mol. The summed E-state index contributed by atoms with van der Waals surface area (Å²) in [5.74, 6) is 0.514. The van der Waals surface area contributed by atoms with Gasteiger partial charge in [-0.15, -0.1) is 0 Å². The van der Waals surface area contributed by atoms with Crippen LogP contribution in [-0.2, 0) is 9.59 Å². The van der Waals surface area contributed by atoms with Crippen LogP contribution in [0.3, 0.4) is 0 Å². The molecule has 0 saturated heterocycles. The molecule has 0 spiro atoms. The first-order valence-electron chi connectivity index (χ1n) is 7.01. The molecule has 1 aliphatic carbocycles. The van der Waals surface area contributed by atoms with Crippen LogP contribution in [-0.4, -0.2) is 30.3 Å². The van der Waals surface area contributed by atoms with Gasteiger partial charge in [-0.3, -0.25) is 9.59 Å². The van der Waals surface area contributed by atoms with E-state index in [1.54, 1.807) is 7.05 Å². The molecule has 1 aromatic carbocycles. The Labute approximate surface area is 120 Å². The van der Waals surface area contributed by atoms with Crippen molar-refractivity contribution in [2.45, 2.75) is 27.2 Å². The van der Waals surface area contributed by atoms with Gasteiger partial charge in [-0.2, -0.15) is 0 Å². The number of amides is 2. The lowest BCUT2D eigenvalue weighted by Gasteiger charge is -2.18. The molecule has 0 radical (unpaired) electrons. The second-order valence-electron chi connectivity index (χ2n) is 5.83. The maximum Gasteiger partial charge on any atom is 0.243 e. The number of rotatable bonds is 4. The number of nitrogens with zero attached hydrogens (tertiary/aromatic N) is 1. The van der Waals surface area contributed by atoms with Crippen LogP contribution < -0.4 is 5.32 Å². The van der Waals surface area contributed by atoms with Gasteiger partial charge in [0.25, 0.3) is 0 Å². The third-order valence-corrected chi connectivity index (χ3v) is 3.93. The Hall–Kier alpha value is -1.84. The summed E-state index contributed by atoms with van der Waals surface area (Å²) >= 11 is 0. The maximum absolute atomic E-state index is 12.1. The molecule has 0 aliphatic heterocycles. The zero-order chi connectivity index (χ0) is 14.9. The van der Waals surface area contributed by atoms with Crippen molar-refractivity contribution in [1.82, 2.24) is 4.90 Å². The molecule has 0 unspecified atom stereocenters. The van der Waals surface area contributed by atoms with Gasteiger partial charge in [-0.1, -0.05) is 25.1 Å². The molecular weight excluding hydrogens is 252 g/mol. The lowest BCUT2D eigenvalue weighted by molar-refractivity contribution is -0.134. The van der Waals surface area contributed by atoms with E-state index in [4.69, 9.17) is 0 Å². The van der Waals surface area contributed by atoms with Gasteiger partial charge in [0.15, 0.2) is 0 Å². The lowest BCUT2D eigenvalue weighted by Crippen LogP contribution is -2.36. The van der Waals surface area contributed by atoms with Crippen molar-refractivity contribution in [1.29, 1.82) is 0 Å². The molecule has 0 aromatic heterocycles. The SMILES string of the molecule is Cc1cccc(C)c1NC(=O)CN(C)C(=O)[C@H]1C[C@H]1C. The number of nitrogens with one attached hydrogen (secondary N) is 1. The van der Waals surface area contributed by atoms with Crippen LogP contribution in [0, 0.1) is 25.7 Å². The molecule has 0 bridgehead atoms. The molecule has 1 aliphatic rings. The first kappa shape index (κ1) is 14.6. The van der Waals surface area contributed by atoms with Gasteiger partial charge in [0.1, 0.15) is 0 Å². The fourth-order valence-corrected chi connectivity index (χ4v) is 2.43. The van der Waals surface area contributed by atoms with Gasteiger partial charge >= 0.3 is 0 Å². The molecule has 20 heavy (non-hydrogen) atoms. The summed E-state index contributed by atoms with van der Waals surface area (Å²) in [6.45, 7) is 6.09. The van der Waals surface area contributed by atoms with Crippen molar-refractivity contribution in [2.24, 2.45) is 11.8 Å². The molecule has 4 heteroatoms. The van der Waals surface area contributed by atoms with Crippen molar-refractivity contribution in [3.8, 4) is 0 Å². The molecule has 2 atom stereocenters. The highest BCUT2D eigenvalue weighted by Gasteiger charge is 2.40. The highest BCUT2D eigenvalue weighted by molar-refractivity contribution is 5.96. The van der Waals surface area contributed by atoms with E-state index in [1.807, 2.05) is 32.0 Å². The van der Waals surface area contributed by atoms with E-state index in [2.05, 4.69) is 12.2 Å². The van der Waals surface area contributed by atoms with Crippen LogP contribution in [0.2, 0.25) is 0 Å². The van der Waals surface area contributed by atoms with Crippen molar-refractivity contribution < 1.29 is 9.59 Å². The van der Waals surface area contributed by atoms with Crippen molar-refractivity contribution >= 4 is 17.5 Å². The Bertz CT molecular complexity index is 519. The topological polar surface area (TPSA) is 49.4 Å². The smallest absolute Gasteiger partial charge is 0.243 e. The van der Waals surface area contributed by atoms with E-state index in [1.165, 1.54) is 4.90 Å². The minimum Gasteiger partial charge on any atom is -0.336 e. The normalized spacial score (nSPS) is 20.4. The number of carbonyl (C=O) groups excluding carboxylic acids is 2. The maximum atomic E-state index is 12.1. The van der Waals surface area contributed by atoms with E-state index in [0.717, 1.165) is 23.2 Å². The van der Waals surface area contributed by atoms with Crippen LogP contribution in [0.5, 0.6) is 0 Å². The highest BCUT2D eigenvalue weighted by Crippen LogP contribution is 2.38. The van der Waals surface area contributed by atoms with Crippen LogP contribution in [0.1, 0.15) is 24.5 Å². The first-order chi connectivity index (χ1) is 9.40. The molecule has 0 heterocycles. The summed E-state index contributed by atoms with van der Waals surface area (Å²) in [5, 5.41) is 2.90. The van der Waals surface area contributed by atoms with Crippen LogP contribution in [0.25, 0.3) is 0 Å². The van der Waals surface area contributed by atoms with E-state index < -0.39 is 0 Å². The summed E-state index contributed by atoms with van der Waals surface area (Å²) in [7, 11) is 1.69. The average Bonchev–Trinajstić information content (AvgIpc) is 3.10. The van der Waals surface area contributed by atoms with E-state index in [9.17, 15) is 9.59 Å². The van der Waals surface area contributed by atoms with Gasteiger partial charge < -0.3 is 10.2 Å². The Balaban J connectivity index is 1.94. The molecule has 108 valence electrons. The zero-order valence-electron chi connectivity index (χ0n) is 12.6. The van der Waals surface area contributed by atoms with Gasteiger partial charge in [0, 0.05) is 18.7 Å². The monoisotopic (exact) mass is 274 g/mol. The van der Waals surface area contributed by atoms with Crippen LogP contribution in [0.15, 0.2) is 18.2 Å². The predicted octanol–water partition coefficient (Wildman–Crippen LogP) is 2.36. The zero-order valence-corrected chi connectivity index (χ0v) is 12.6. The van der Waals surface area contributed by atoms with Gasteiger partial charge in [-0.25, -0.2) is 0 Å². The summed E-state index contributed by atoms with van der Waals surface area (Å²) in [6.07, 6.45) is 0.946. The van der Waals surface area contributed by atoms with E-state index in [0.29, 0.717) is 5.92 Å². The van der Waals surface area contributed by atoms with Gasteiger partial charge in [-0.05, 0) is 37.3 Å². The highest BCUT2D eigenvalue weighted by atomic mass is 16.2. The fourth-order valence-electron chi connectivity index (χ4n) is 2.43. The second-order valence-corrected chi connectivity index (χ2v) is 5.83. The standard InChI is InChI=1S/C16H22N2O2/c1-10-6-5-7-11(2)15(10)17-14(19)9-18(4)16(20)13-8-12(13)3/h5-7,12-13H,8-9H2,1-4H3,(H,17,19)/t12-,13+/m1/s1. The molecule has 4 nitrogen and oxygen atoms in total. The molecule has 2 amide bonds. The number of aryl methyl sites for hydroxylation is 2. The minimum atomic E-state index is -0.147. The minimum absolute atomic E-state index is 0.0779. The van der Waals surface area contributed by atoms with Crippen LogP contribution in [0.4, 0.5) is 5.69 Å². The largest absolute Gasteiger partial charge is 0.336 e. The number of carbonyl (C=O) groups is 2. The van der Waals surface area contributed by atoms with E-state index >= 15 is 0 Å². The number of hydrogen-bond acceptors (Lipinski definition) is 2. The molecule has 1 aromatic rings. The number of anilines is 1. The molecule has 1 fully saturated rings. The molecule has 1 saturated carbocycles. The number of benzene rings is 1. The first-order valence-corrected chi connectivity index (χ1v) is 7.01. The number of para-hydroxylation sites is 1. The van der Waals surface area contributed by atoms with Crippen molar-refractivity contribution in [2.75, 3.05) is 18.9 Å². The molecule has 2 rings (SSSR count). The van der Waals surface area contributed by atoms with E-state index in [-0.39, 0.29) is 24.3 Å². The summed E-state index contributed by atoms with van der Waals surface area (Å²) in [5.41, 5.74) is 2.91. The fraction of sp³-hybridized carbons (Fsp3) is 0.500. The Morgan fingerprint density at radius 2 is 1.85 bits per heavy atom. The molecule has 1 N–H and O–H groups in total. The van der Waals surface area contributed by atoms with Gasteiger partial charge in [0.05, 0.1) is 6.54 Å². The van der Waals surface area contributed by atoms with Gasteiger partial charge in [0.2, 0.25) is 11.8 Å². The number of likely N-dealkylation sites (N-methyl/N-ethyl adjacent to an activating group) is 1. The summed E-state index contributed by atoms with van der Waals surface area (Å²) < 4.78 is 0. The Kier molecular flexibility index (Phi) is 4.12.